The molecular formula is C20H25N5O6. The van der Waals surface area contributed by atoms with Gasteiger partial charge in [-0.1, -0.05) is 0 Å². The molecule has 31 heavy (non-hydrogen) atoms. The van der Waals surface area contributed by atoms with Gasteiger partial charge < -0.3 is 25.4 Å². The van der Waals surface area contributed by atoms with Crippen molar-refractivity contribution in [1.29, 1.82) is 0 Å². The molecule has 1 saturated heterocycles. The number of aliphatic hydroxyl groups excluding tert-OH is 1. The van der Waals surface area contributed by atoms with Gasteiger partial charge in [-0.2, -0.15) is 0 Å². The minimum Gasteiger partial charge on any atom is -0.394 e. The second-order valence-electron chi connectivity index (χ2n) is 7.14. The number of hydrogen-bond acceptors (Lipinski definition) is 7. The summed E-state index contributed by atoms with van der Waals surface area (Å²) >= 11 is 0. The normalized spacial score (nSPS) is 14.7. The number of nitrogens with zero attached hydrogens (tertiary/aromatic N) is 2. The van der Waals surface area contributed by atoms with Gasteiger partial charge in [0.15, 0.2) is 0 Å². The minimum atomic E-state index is -1.20. The number of aromatic amines is 1. The quantitative estimate of drug-likeness (QED) is 0.431. The van der Waals surface area contributed by atoms with Gasteiger partial charge in [-0.05, 0) is 31.2 Å². The zero-order valence-electron chi connectivity index (χ0n) is 17.1. The highest BCUT2D eigenvalue weighted by Crippen LogP contribution is 2.19. The highest BCUT2D eigenvalue weighted by molar-refractivity contribution is 5.97. The number of carbonyl (C=O) groups excluding carboxylic acids is 2. The van der Waals surface area contributed by atoms with E-state index >= 15 is 0 Å². The Kier molecular flexibility index (Phi) is 7.21. The molecule has 0 radical (unpaired) electrons. The average molecular weight is 431 g/mol. The minimum absolute atomic E-state index is 0.268. The molecule has 1 unspecified atom stereocenters. The second-order valence-corrected chi connectivity index (χ2v) is 7.14. The van der Waals surface area contributed by atoms with Crippen LogP contribution < -0.4 is 26.8 Å². The first-order valence-electron chi connectivity index (χ1n) is 9.81. The highest BCUT2D eigenvalue weighted by Gasteiger charge is 2.21. The number of H-pyrrole nitrogens is 1. The fourth-order valence-electron chi connectivity index (χ4n) is 3.13. The lowest BCUT2D eigenvalue weighted by Gasteiger charge is -2.29. The van der Waals surface area contributed by atoms with E-state index in [2.05, 4.69) is 20.5 Å². The maximum absolute atomic E-state index is 12.5. The van der Waals surface area contributed by atoms with Crippen LogP contribution >= 0.6 is 0 Å². The summed E-state index contributed by atoms with van der Waals surface area (Å²) in [6, 6.07) is 6.02. The fraction of sp³-hybridized carbons (Fsp3) is 0.400. The Morgan fingerprint density at radius 3 is 2.52 bits per heavy atom. The van der Waals surface area contributed by atoms with E-state index in [9.17, 15) is 24.3 Å². The summed E-state index contributed by atoms with van der Waals surface area (Å²) in [5.41, 5.74) is 0.520. The van der Waals surface area contributed by atoms with E-state index < -0.39 is 42.3 Å². The molecule has 0 spiro atoms. The molecule has 1 aliphatic heterocycles. The lowest BCUT2D eigenvalue weighted by Crippen LogP contribution is -2.48. The summed E-state index contributed by atoms with van der Waals surface area (Å²) in [4.78, 5) is 52.2. The molecule has 0 aliphatic carbocycles. The van der Waals surface area contributed by atoms with Crippen LogP contribution in [-0.4, -0.2) is 65.4 Å². The molecule has 166 valence electrons. The van der Waals surface area contributed by atoms with E-state index in [1.54, 1.807) is 12.1 Å². The largest absolute Gasteiger partial charge is 0.394 e. The number of aliphatic hydroxyl groups is 1. The molecule has 0 saturated carbocycles. The standard InChI is InChI=1S/C20H25N5O6/c1-13-10-25(20(30)23-18(13)28)11-17(27)22-16(12-26)19(29)21-14-2-4-15(5-3-14)24-6-8-31-9-7-24/h2-5,10,16,26H,6-9,11-12H2,1H3,(H,21,29)(H,22,27)(H,23,28,30). The molecule has 1 atom stereocenters. The number of aryl methyl sites for hydroxylation is 1. The first kappa shape index (κ1) is 22.2. The smallest absolute Gasteiger partial charge is 0.328 e. The number of ether oxygens (including phenoxy) is 1. The Morgan fingerprint density at radius 1 is 1.19 bits per heavy atom. The first-order chi connectivity index (χ1) is 14.9. The molecular weight excluding hydrogens is 406 g/mol. The van der Waals surface area contributed by atoms with Gasteiger partial charge in [-0.25, -0.2) is 4.79 Å². The van der Waals surface area contributed by atoms with Crippen LogP contribution in [0.1, 0.15) is 5.56 Å². The maximum Gasteiger partial charge on any atom is 0.328 e. The number of morpholine rings is 1. The summed E-state index contributed by atoms with van der Waals surface area (Å²) in [6.45, 7) is 3.39. The predicted molar refractivity (Wildman–Crippen MR) is 113 cm³/mol. The third kappa shape index (κ3) is 5.80. The van der Waals surface area contributed by atoms with Crippen LogP contribution in [0.5, 0.6) is 0 Å². The van der Waals surface area contributed by atoms with Gasteiger partial charge in [0.25, 0.3) is 5.56 Å². The number of carbonyl (C=O) groups is 2. The SMILES string of the molecule is Cc1cn(CC(=O)NC(CO)C(=O)Nc2ccc(N3CCOCC3)cc2)c(=O)[nH]c1=O. The van der Waals surface area contributed by atoms with Gasteiger partial charge in [0.1, 0.15) is 12.6 Å². The van der Waals surface area contributed by atoms with Gasteiger partial charge >= 0.3 is 5.69 Å². The Labute approximate surface area is 177 Å². The van der Waals surface area contributed by atoms with Crippen LogP contribution in [0.2, 0.25) is 0 Å². The third-order valence-electron chi connectivity index (χ3n) is 4.85. The van der Waals surface area contributed by atoms with Crippen LogP contribution in [0.15, 0.2) is 40.1 Å². The number of anilines is 2. The molecule has 1 fully saturated rings. The summed E-state index contributed by atoms with van der Waals surface area (Å²) in [6.07, 6.45) is 1.25. The number of rotatable bonds is 7. The first-order valence-corrected chi connectivity index (χ1v) is 9.81. The second kappa shape index (κ2) is 10.0. The zero-order chi connectivity index (χ0) is 22.4. The summed E-state index contributed by atoms with van der Waals surface area (Å²) in [5.74, 6) is -1.26. The molecule has 2 heterocycles. The van der Waals surface area contributed by atoms with E-state index in [1.165, 1.54) is 13.1 Å². The van der Waals surface area contributed by atoms with Crippen LogP contribution in [0.4, 0.5) is 11.4 Å². The van der Waals surface area contributed by atoms with E-state index in [0.717, 1.165) is 23.3 Å². The number of benzene rings is 1. The van der Waals surface area contributed by atoms with Crippen molar-refractivity contribution in [2.75, 3.05) is 43.1 Å². The monoisotopic (exact) mass is 431 g/mol. The Hall–Kier alpha value is -3.44. The number of amides is 2. The molecule has 2 aromatic rings. The third-order valence-corrected chi connectivity index (χ3v) is 4.85. The van der Waals surface area contributed by atoms with E-state index in [4.69, 9.17) is 4.74 Å². The number of aromatic nitrogens is 2. The lowest BCUT2D eigenvalue weighted by atomic mass is 10.2. The molecule has 2 amide bonds. The zero-order valence-corrected chi connectivity index (χ0v) is 17.1. The molecule has 11 nitrogen and oxygen atoms in total. The molecule has 1 aromatic carbocycles. The van der Waals surface area contributed by atoms with Crippen molar-refractivity contribution in [2.24, 2.45) is 0 Å². The van der Waals surface area contributed by atoms with Crippen LogP contribution in [0, 0.1) is 6.92 Å². The Bertz CT molecular complexity index is 1040. The topological polar surface area (TPSA) is 146 Å². The lowest BCUT2D eigenvalue weighted by molar-refractivity contribution is -0.127. The highest BCUT2D eigenvalue weighted by atomic mass is 16.5. The van der Waals surface area contributed by atoms with E-state index in [-0.39, 0.29) is 5.56 Å². The van der Waals surface area contributed by atoms with Crippen LogP contribution in [0.3, 0.4) is 0 Å². The molecule has 4 N–H and O–H groups in total. The van der Waals surface area contributed by atoms with E-state index in [0.29, 0.717) is 18.9 Å². The molecule has 11 heteroatoms. The number of nitrogens with one attached hydrogen (secondary N) is 3. The van der Waals surface area contributed by atoms with Crippen molar-refractivity contribution < 1.29 is 19.4 Å². The predicted octanol–water partition coefficient (Wildman–Crippen LogP) is -1.20. The van der Waals surface area contributed by atoms with Gasteiger partial charge in [0.05, 0.1) is 19.8 Å². The van der Waals surface area contributed by atoms with E-state index in [1.807, 2.05) is 12.1 Å². The summed E-state index contributed by atoms with van der Waals surface area (Å²) in [7, 11) is 0. The fourth-order valence-corrected chi connectivity index (χ4v) is 3.13. The molecule has 1 aromatic heterocycles. The van der Waals surface area contributed by atoms with Gasteiger partial charge in [-0.3, -0.25) is 23.9 Å². The molecule has 0 bridgehead atoms. The van der Waals surface area contributed by atoms with Crippen molar-refractivity contribution in [1.82, 2.24) is 14.9 Å². The van der Waals surface area contributed by atoms with Gasteiger partial charge in [0.2, 0.25) is 11.8 Å². The van der Waals surface area contributed by atoms with Crippen molar-refractivity contribution >= 4 is 23.2 Å². The summed E-state index contributed by atoms with van der Waals surface area (Å²) in [5, 5.41) is 14.6. The molecule has 1 aliphatic rings. The van der Waals surface area contributed by atoms with Crippen molar-refractivity contribution in [3.8, 4) is 0 Å². The van der Waals surface area contributed by atoms with Gasteiger partial charge in [0, 0.05) is 36.2 Å². The van der Waals surface area contributed by atoms with Crippen molar-refractivity contribution in [2.45, 2.75) is 19.5 Å². The van der Waals surface area contributed by atoms with Gasteiger partial charge in [-0.15, -0.1) is 0 Å². The van der Waals surface area contributed by atoms with Crippen molar-refractivity contribution in [3.63, 3.8) is 0 Å². The average Bonchev–Trinajstić information content (AvgIpc) is 2.77. The summed E-state index contributed by atoms with van der Waals surface area (Å²) < 4.78 is 6.35. The Balaban J connectivity index is 1.58. The Morgan fingerprint density at radius 2 is 1.87 bits per heavy atom. The molecule has 3 rings (SSSR count). The van der Waals surface area contributed by atoms with Crippen LogP contribution in [0.25, 0.3) is 0 Å². The van der Waals surface area contributed by atoms with Crippen molar-refractivity contribution in [3.05, 3.63) is 56.9 Å². The van der Waals surface area contributed by atoms with Crippen LogP contribution in [-0.2, 0) is 20.9 Å². The maximum atomic E-state index is 12.5. The number of hydrogen-bond donors (Lipinski definition) is 4.